The van der Waals surface area contributed by atoms with Gasteiger partial charge in [-0.2, -0.15) is 0 Å². The molecular formula is C16H23N3O4. The van der Waals surface area contributed by atoms with E-state index in [2.05, 4.69) is 10.6 Å². The molecule has 0 aliphatic carbocycles. The second-order valence-corrected chi connectivity index (χ2v) is 5.32. The van der Waals surface area contributed by atoms with E-state index in [4.69, 9.17) is 9.47 Å². The molecule has 0 atom stereocenters. The number of likely N-dealkylation sites (tertiary alicyclic amines) is 1. The van der Waals surface area contributed by atoms with Crippen LogP contribution in [0.2, 0.25) is 0 Å². The number of carbonyl (C=O) groups is 2. The summed E-state index contributed by atoms with van der Waals surface area (Å²) >= 11 is 0. The molecule has 0 aromatic heterocycles. The van der Waals surface area contributed by atoms with E-state index in [1.807, 2.05) is 4.90 Å². The van der Waals surface area contributed by atoms with E-state index in [1.54, 1.807) is 32.4 Å². The van der Waals surface area contributed by atoms with Crippen LogP contribution in [0.25, 0.3) is 0 Å². The van der Waals surface area contributed by atoms with Gasteiger partial charge in [0.2, 0.25) is 5.91 Å². The maximum Gasteiger partial charge on any atom is 0.319 e. The molecule has 0 radical (unpaired) electrons. The zero-order valence-corrected chi connectivity index (χ0v) is 13.6. The van der Waals surface area contributed by atoms with Gasteiger partial charge in [0.25, 0.3) is 0 Å². The molecular weight excluding hydrogens is 298 g/mol. The first-order valence-corrected chi connectivity index (χ1v) is 7.68. The largest absolute Gasteiger partial charge is 0.497 e. The topological polar surface area (TPSA) is 79.9 Å². The van der Waals surface area contributed by atoms with Crippen LogP contribution in [-0.4, -0.2) is 50.7 Å². The van der Waals surface area contributed by atoms with E-state index >= 15 is 0 Å². The third-order valence-electron chi connectivity index (χ3n) is 3.67. The Hall–Kier alpha value is -2.44. The van der Waals surface area contributed by atoms with Crippen LogP contribution in [0.3, 0.4) is 0 Å². The first-order valence-electron chi connectivity index (χ1n) is 7.68. The maximum absolute atomic E-state index is 11.9. The highest BCUT2D eigenvalue weighted by Crippen LogP contribution is 2.25. The number of benzene rings is 1. The maximum atomic E-state index is 11.9. The van der Waals surface area contributed by atoms with Crippen molar-refractivity contribution in [2.24, 2.45) is 0 Å². The summed E-state index contributed by atoms with van der Waals surface area (Å²) < 4.78 is 10.3. The summed E-state index contributed by atoms with van der Waals surface area (Å²) in [5.74, 6) is 1.41. The molecule has 7 nitrogen and oxygen atoms in total. The number of hydrogen-bond acceptors (Lipinski definition) is 4. The highest BCUT2D eigenvalue weighted by molar-refractivity contribution is 5.89. The summed E-state index contributed by atoms with van der Waals surface area (Å²) in [5, 5.41) is 5.51. The summed E-state index contributed by atoms with van der Waals surface area (Å²) in [5.41, 5.74) is 0.591. The number of carbonyl (C=O) groups excluding carboxylic acids is 2. The minimum atomic E-state index is -0.298. The number of methoxy groups -OCH3 is 2. The number of nitrogens with zero attached hydrogens (tertiary/aromatic N) is 1. The molecule has 1 aliphatic heterocycles. The van der Waals surface area contributed by atoms with Crippen molar-refractivity contribution >= 4 is 17.6 Å². The lowest BCUT2D eigenvalue weighted by molar-refractivity contribution is -0.127. The Morgan fingerprint density at radius 1 is 1.22 bits per heavy atom. The van der Waals surface area contributed by atoms with Crippen LogP contribution < -0.4 is 20.1 Å². The standard InChI is InChI=1S/C16H23N3O4/c1-22-13-9-12(10-14(11-13)23-2)18-16(21)17-6-4-8-19-7-3-5-15(19)20/h9-11H,3-8H2,1-2H3,(H2,17,18,21). The van der Waals surface area contributed by atoms with Crippen molar-refractivity contribution in [3.8, 4) is 11.5 Å². The quantitative estimate of drug-likeness (QED) is 0.751. The van der Waals surface area contributed by atoms with Gasteiger partial charge < -0.3 is 25.0 Å². The number of hydrogen-bond donors (Lipinski definition) is 2. The number of amides is 3. The molecule has 1 heterocycles. The molecule has 1 fully saturated rings. The molecule has 1 aromatic rings. The summed E-state index contributed by atoms with van der Waals surface area (Å²) in [6.07, 6.45) is 2.32. The van der Waals surface area contributed by atoms with Crippen LogP contribution in [0, 0.1) is 0 Å². The lowest BCUT2D eigenvalue weighted by Crippen LogP contribution is -2.33. The fourth-order valence-electron chi connectivity index (χ4n) is 2.47. The van der Waals surface area contributed by atoms with E-state index in [9.17, 15) is 9.59 Å². The Bertz CT molecular complexity index is 540. The van der Waals surface area contributed by atoms with E-state index in [0.717, 1.165) is 19.4 Å². The number of ether oxygens (including phenoxy) is 2. The van der Waals surface area contributed by atoms with Crippen LogP contribution in [0.15, 0.2) is 18.2 Å². The van der Waals surface area contributed by atoms with Gasteiger partial charge >= 0.3 is 6.03 Å². The highest BCUT2D eigenvalue weighted by Gasteiger charge is 2.19. The summed E-state index contributed by atoms with van der Waals surface area (Å²) in [6.45, 7) is 2.03. The summed E-state index contributed by atoms with van der Waals surface area (Å²) in [7, 11) is 3.11. The molecule has 2 N–H and O–H groups in total. The molecule has 0 bridgehead atoms. The first-order chi connectivity index (χ1) is 11.1. The smallest absolute Gasteiger partial charge is 0.319 e. The fourth-order valence-corrected chi connectivity index (χ4v) is 2.47. The van der Waals surface area contributed by atoms with Gasteiger partial charge in [0.15, 0.2) is 0 Å². The van der Waals surface area contributed by atoms with E-state index in [1.165, 1.54) is 0 Å². The normalized spacial score (nSPS) is 13.8. The Balaban J connectivity index is 1.75. The predicted octanol–water partition coefficient (Wildman–Crippen LogP) is 1.84. The number of anilines is 1. The van der Waals surface area contributed by atoms with Gasteiger partial charge in [0.05, 0.1) is 14.2 Å². The van der Waals surface area contributed by atoms with Gasteiger partial charge in [-0.25, -0.2) is 4.79 Å². The molecule has 1 saturated heterocycles. The van der Waals surface area contributed by atoms with Crippen molar-refractivity contribution in [3.63, 3.8) is 0 Å². The van der Waals surface area contributed by atoms with Gasteiger partial charge in [0.1, 0.15) is 11.5 Å². The number of rotatable bonds is 7. The van der Waals surface area contributed by atoms with Crippen LogP contribution in [0.5, 0.6) is 11.5 Å². The van der Waals surface area contributed by atoms with Crippen molar-refractivity contribution in [2.75, 3.05) is 39.2 Å². The SMILES string of the molecule is COc1cc(NC(=O)NCCCN2CCCC2=O)cc(OC)c1. The van der Waals surface area contributed by atoms with Crippen LogP contribution in [-0.2, 0) is 4.79 Å². The van der Waals surface area contributed by atoms with Crippen molar-refractivity contribution in [2.45, 2.75) is 19.3 Å². The van der Waals surface area contributed by atoms with Gasteiger partial charge in [0, 0.05) is 49.9 Å². The van der Waals surface area contributed by atoms with Crippen LogP contribution >= 0.6 is 0 Å². The molecule has 1 aliphatic rings. The molecule has 0 saturated carbocycles. The fraction of sp³-hybridized carbons (Fsp3) is 0.500. The summed E-state index contributed by atoms with van der Waals surface area (Å²) in [4.78, 5) is 25.2. The predicted molar refractivity (Wildman–Crippen MR) is 87.0 cm³/mol. The Morgan fingerprint density at radius 2 is 1.91 bits per heavy atom. The average Bonchev–Trinajstić information content (AvgIpc) is 2.96. The van der Waals surface area contributed by atoms with Crippen molar-refractivity contribution < 1.29 is 19.1 Å². The summed E-state index contributed by atoms with van der Waals surface area (Å²) in [6, 6.07) is 4.86. The molecule has 2 rings (SSSR count). The third kappa shape index (κ3) is 5.05. The Morgan fingerprint density at radius 3 is 2.48 bits per heavy atom. The molecule has 0 spiro atoms. The van der Waals surface area contributed by atoms with Crippen LogP contribution in [0.1, 0.15) is 19.3 Å². The van der Waals surface area contributed by atoms with Gasteiger partial charge in [-0.1, -0.05) is 0 Å². The highest BCUT2D eigenvalue weighted by atomic mass is 16.5. The van der Waals surface area contributed by atoms with E-state index in [0.29, 0.717) is 36.7 Å². The Kier molecular flexibility index (Phi) is 6.08. The van der Waals surface area contributed by atoms with Crippen LogP contribution in [0.4, 0.5) is 10.5 Å². The average molecular weight is 321 g/mol. The minimum absolute atomic E-state index is 0.206. The minimum Gasteiger partial charge on any atom is -0.497 e. The molecule has 7 heteroatoms. The lowest BCUT2D eigenvalue weighted by Gasteiger charge is -2.15. The number of urea groups is 1. The van der Waals surface area contributed by atoms with Crippen molar-refractivity contribution in [1.82, 2.24) is 10.2 Å². The second-order valence-electron chi connectivity index (χ2n) is 5.32. The lowest BCUT2D eigenvalue weighted by atomic mass is 10.3. The van der Waals surface area contributed by atoms with Crippen molar-refractivity contribution in [1.29, 1.82) is 0 Å². The molecule has 126 valence electrons. The zero-order chi connectivity index (χ0) is 16.7. The van der Waals surface area contributed by atoms with Gasteiger partial charge in [-0.05, 0) is 12.8 Å². The van der Waals surface area contributed by atoms with Crippen molar-refractivity contribution in [3.05, 3.63) is 18.2 Å². The third-order valence-corrected chi connectivity index (χ3v) is 3.67. The van der Waals surface area contributed by atoms with E-state index in [-0.39, 0.29) is 11.9 Å². The molecule has 0 unspecified atom stereocenters. The zero-order valence-electron chi connectivity index (χ0n) is 13.6. The second kappa shape index (κ2) is 8.26. The van der Waals surface area contributed by atoms with E-state index < -0.39 is 0 Å². The monoisotopic (exact) mass is 321 g/mol. The van der Waals surface area contributed by atoms with Gasteiger partial charge in [-0.15, -0.1) is 0 Å². The van der Waals surface area contributed by atoms with Gasteiger partial charge in [-0.3, -0.25) is 4.79 Å². The molecule has 1 aromatic carbocycles. The first kappa shape index (κ1) is 16.9. The molecule has 23 heavy (non-hydrogen) atoms. The Labute approximate surface area is 135 Å². The molecule has 3 amide bonds. The number of nitrogens with one attached hydrogen (secondary N) is 2.